The van der Waals surface area contributed by atoms with E-state index in [9.17, 15) is 4.79 Å². The monoisotopic (exact) mass is 237 g/mol. The first kappa shape index (κ1) is 12.5. The second-order valence-corrected chi connectivity index (χ2v) is 3.89. The van der Waals surface area contributed by atoms with E-state index in [0.717, 1.165) is 5.56 Å². The summed E-state index contributed by atoms with van der Waals surface area (Å²) in [5.41, 5.74) is 0.766. The van der Waals surface area contributed by atoms with Crippen LogP contribution in [0.15, 0.2) is 24.3 Å². The highest BCUT2D eigenvalue weighted by molar-refractivity contribution is 6.31. The Morgan fingerprint density at radius 2 is 2.25 bits per heavy atom. The molecule has 3 nitrogen and oxygen atoms in total. The fourth-order valence-corrected chi connectivity index (χ4v) is 1.32. The van der Waals surface area contributed by atoms with Gasteiger partial charge < -0.3 is 4.74 Å². The molecule has 84 valence electrons. The van der Waals surface area contributed by atoms with Gasteiger partial charge in [-0.3, -0.25) is 4.79 Å². The first-order valence-electron chi connectivity index (χ1n) is 4.92. The molecule has 1 rings (SSSR count). The summed E-state index contributed by atoms with van der Waals surface area (Å²) < 4.78 is 5.01. The molecule has 0 aliphatic carbocycles. The van der Waals surface area contributed by atoms with Gasteiger partial charge in [-0.1, -0.05) is 29.8 Å². The molecule has 0 saturated heterocycles. The number of hydrogen-bond acceptors (Lipinski definition) is 3. The molecule has 0 spiro atoms. The minimum atomic E-state index is -0.381. The van der Waals surface area contributed by atoms with Crippen molar-refractivity contribution in [1.82, 2.24) is 0 Å². The minimum Gasteiger partial charge on any atom is -0.461 e. The largest absolute Gasteiger partial charge is 0.461 e. The van der Waals surface area contributed by atoms with Crippen molar-refractivity contribution in [3.63, 3.8) is 0 Å². The van der Waals surface area contributed by atoms with Gasteiger partial charge in [-0.2, -0.15) is 5.26 Å². The van der Waals surface area contributed by atoms with Crippen LogP contribution in [-0.4, -0.2) is 5.97 Å². The van der Waals surface area contributed by atoms with E-state index in [1.165, 1.54) is 0 Å². The van der Waals surface area contributed by atoms with Gasteiger partial charge in [0.2, 0.25) is 0 Å². The number of carbonyl (C=O) groups is 1. The standard InChI is InChI=1S/C12H12ClNO2/c1-9(7-14)6-12(15)16-8-10-4-2-3-5-11(10)13/h2-5,9H,6,8H2,1H3. The van der Waals surface area contributed by atoms with Crippen LogP contribution in [0, 0.1) is 17.2 Å². The third-order valence-corrected chi connectivity index (χ3v) is 2.41. The van der Waals surface area contributed by atoms with Gasteiger partial charge in [0.05, 0.1) is 18.4 Å². The lowest BCUT2D eigenvalue weighted by atomic mass is 10.1. The smallest absolute Gasteiger partial charge is 0.307 e. The molecule has 0 aromatic heterocycles. The SMILES string of the molecule is CC(C#N)CC(=O)OCc1ccccc1Cl. The Bertz CT molecular complexity index is 412. The maximum atomic E-state index is 11.3. The maximum Gasteiger partial charge on any atom is 0.307 e. The highest BCUT2D eigenvalue weighted by Gasteiger charge is 2.10. The third kappa shape index (κ3) is 3.92. The molecule has 0 radical (unpaired) electrons. The molecule has 0 heterocycles. The molecule has 0 fully saturated rings. The summed E-state index contributed by atoms with van der Waals surface area (Å²) >= 11 is 5.90. The zero-order valence-corrected chi connectivity index (χ0v) is 9.70. The Morgan fingerprint density at radius 3 is 2.88 bits per heavy atom. The summed E-state index contributed by atoms with van der Waals surface area (Å²) in [6, 6.07) is 9.15. The molecule has 0 N–H and O–H groups in total. The Balaban J connectivity index is 2.44. The summed E-state index contributed by atoms with van der Waals surface area (Å²) in [7, 11) is 0. The fourth-order valence-electron chi connectivity index (χ4n) is 1.13. The predicted octanol–water partition coefficient (Wildman–Crippen LogP) is 2.93. The summed E-state index contributed by atoms with van der Waals surface area (Å²) in [6.07, 6.45) is 0.112. The number of rotatable bonds is 4. The molecule has 16 heavy (non-hydrogen) atoms. The van der Waals surface area contributed by atoms with Gasteiger partial charge in [0.15, 0.2) is 0 Å². The minimum absolute atomic E-state index is 0.112. The van der Waals surface area contributed by atoms with E-state index in [4.69, 9.17) is 21.6 Å². The van der Waals surface area contributed by atoms with Gasteiger partial charge in [-0.15, -0.1) is 0 Å². The first-order chi connectivity index (χ1) is 7.63. The van der Waals surface area contributed by atoms with Crippen LogP contribution in [0.1, 0.15) is 18.9 Å². The number of hydrogen-bond donors (Lipinski definition) is 0. The van der Waals surface area contributed by atoms with Crippen LogP contribution >= 0.6 is 11.6 Å². The van der Waals surface area contributed by atoms with E-state index in [-0.39, 0.29) is 24.9 Å². The van der Waals surface area contributed by atoms with E-state index in [0.29, 0.717) is 5.02 Å². The second kappa shape index (κ2) is 6.14. The van der Waals surface area contributed by atoms with Crippen LogP contribution in [0.5, 0.6) is 0 Å². The lowest BCUT2D eigenvalue weighted by Gasteiger charge is -2.06. The van der Waals surface area contributed by atoms with Crippen LogP contribution < -0.4 is 0 Å². The number of nitrogens with zero attached hydrogens (tertiary/aromatic N) is 1. The quantitative estimate of drug-likeness (QED) is 0.757. The van der Waals surface area contributed by atoms with E-state index in [1.54, 1.807) is 19.1 Å². The van der Waals surface area contributed by atoms with E-state index in [1.807, 2.05) is 18.2 Å². The summed E-state index contributed by atoms with van der Waals surface area (Å²) in [5, 5.41) is 9.11. The van der Waals surface area contributed by atoms with Crippen molar-refractivity contribution in [3.05, 3.63) is 34.9 Å². The van der Waals surface area contributed by atoms with Crippen molar-refractivity contribution < 1.29 is 9.53 Å². The van der Waals surface area contributed by atoms with Crippen LogP contribution in [0.3, 0.4) is 0 Å². The van der Waals surface area contributed by atoms with Crippen molar-refractivity contribution in [2.75, 3.05) is 0 Å². The van der Waals surface area contributed by atoms with E-state index >= 15 is 0 Å². The number of esters is 1. The van der Waals surface area contributed by atoms with Crippen LogP contribution in [0.4, 0.5) is 0 Å². The Kier molecular flexibility index (Phi) is 4.81. The third-order valence-electron chi connectivity index (χ3n) is 2.04. The van der Waals surface area contributed by atoms with Crippen LogP contribution in [0.25, 0.3) is 0 Å². The van der Waals surface area contributed by atoms with Crippen molar-refractivity contribution in [3.8, 4) is 6.07 Å². The number of carbonyl (C=O) groups excluding carboxylic acids is 1. The summed E-state index contributed by atoms with van der Waals surface area (Å²) in [5.74, 6) is -0.701. The molecule has 1 atom stereocenters. The zero-order chi connectivity index (χ0) is 12.0. The van der Waals surface area contributed by atoms with E-state index in [2.05, 4.69) is 0 Å². The van der Waals surface area contributed by atoms with Gasteiger partial charge in [-0.25, -0.2) is 0 Å². The molecule has 4 heteroatoms. The molecule has 0 aliphatic rings. The van der Waals surface area contributed by atoms with Crippen molar-refractivity contribution in [1.29, 1.82) is 5.26 Å². The lowest BCUT2D eigenvalue weighted by Crippen LogP contribution is -2.08. The van der Waals surface area contributed by atoms with Gasteiger partial charge >= 0.3 is 5.97 Å². The topological polar surface area (TPSA) is 50.1 Å². The van der Waals surface area contributed by atoms with Gasteiger partial charge in [-0.05, 0) is 13.0 Å². The molecule has 0 amide bonds. The van der Waals surface area contributed by atoms with Crippen LogP contribution in [0.2, 0.25) is 5.02 Å². The normalized spacial score (nSPS) is 11.6. The van der Waals surface area contributed by atoms with Gasteiger partial charge in [0.25, 0.3) is 0 Å². The van der Waals surface area contributed by atoms with Gasteiger partial charge in [0.1, 0.15) is 6.61 Å². The molecule has 0 bridgehead atoms. The Morgan fingerprint density at radius 1 is 1.56 bits per heavy atom. The highest BCUT2D eigenvalue weighted by atomic mass is 35.5. The molecular weight excluding hydrogens is 226 g/mol. The molecule has 1 aromatic rings. The summed E-state index contributed by atoms with van der Waals surface area (Å²) in [4.78, 5) is 11.3. The van der Waals surface area contributed by atoms with Crippen molar-refractivity contribution >= 4 is 17.6 Å². The number of halogens is 1. The Hall–Kier alpha value is -1.53. The second-order valence-electron chi connectivity index (χ2n) is 3.49. The van der Waals surface area contributed by atoms with Gasteiger partial charge in [0, 0.05) is 10.6 Å². The number of benzene rings is 1. The zero-order valence-electron chi connectivity index (χ0n) is 8.94. The van der Waals surface area contributed by atoms with Crippen molar-refractivity contribution in [2.24, 2.45) is 5.92 Å². The maximum absolute atomic E-state index is 11.3. The predicted molar refractivity (Wildman–Crippen MR) is 60.6 cm³/mol. The highest BCUT2D eigenvalue weighted by Crippen LogP contribution is 2.16. The average molecular weight is 238 g/mol. The fraction of sp³-hybridized carbons (Fsp3) is 0.333. The first-order valence-corrected chi connectivity index (χ1v) is 5.30. The average Bonchev–Trinajstić information content (AvgIpc) is 2.28. The number of nitriles is 1. The molecule has 1 unspecified atom stereocenters. The lowest BCUT2D eigenvalue weighted by molar-refractivity contribution is -0.145. The molecule has 0 saturated carbocycles. The molecule has 0 aliphatic heterocycles. The Labute approximate surface area is 99.6 Å². The van der Waals surface area contributed by atoms with Crippen molar-refractivity contribution in [2.45, 2.75) is 20.0 Å². The van der Waals surface area contributed by atoms with E-state index < -0.39 is 0 Å². The molecular formula is C12H12ClNO2. The number of ether oxygens (including phenoxy) is 1. The van der Waals surface area contributed by atoms with Crippen LogP contribution in [-0.2, 0) is 16.1 Å². The summed E-state index contributed by atoms with van der Waals surface area (Å²) in [6.45, 7) is 1.83. The molecule has 1 aromatic carbocycles.